The van der Waals surface area contributed by atoms with Gasteiger partial charge in [-0.3, -0.25) is 9.36 Å². The van der Waals surface area contributed by atoms with Crippen molar-refractivity contribution in [2.75, 3.05) is 13.7 Å². The van der Waals surface area contributed by atoms with Gasteiger partial charge in [-0.2, -0.15) is 4.98 Å². The van der Waals surface area contributed by atoms with Crippen LogP contribution in [-0.2, 0) is 28.8 Å². The lowest BCUT2D eigenvalue weighted by Crippen LogP contribution is -2.32. The van der Waals surface area contributed by atoms with Crippen molar-refractivity contribution in [3.63, 3.8) is 0 Å². The van der Waals surface area contributed by atoms with Gasteiger partial charge in [0.15, 0.2) is 0 Å². The molecule has 6 heteroatoms. The Balaban J connectivity index is 3.42. The van der Waals surface area contributed by atoms with Gasteiger partial charge < -0.3 is 9.84 Å². The molecule has 1 unspecified atom stereocenters. The first-order chi connectivity index (χ1) is 9.96. The number of aliphatic carboxylic acids is 1. The van der Waals surface area contributed by atoms with Crippen molar-refractivity contribution in [3.8, 4) is 0 Å². The van der Waals surface area contributed by atoms with Gasteiger partial charge in [0.05, 0.1) is 12.1 Å². The van der Waals surface area contributed by atoms with Crippen LogP contribution in [0.25, 0.3) is 0 Å². The van der Waals surface area contributed by atoms with Crippen molar-refractivity contribution in [2.45, 2.75) is 52.5 Å². The number of aromatic nitrogens is 2. The third-order valence-electron chi connectivity index (χ3n) is 3.60. The number of carboxylic acid groups (broad SMARTS) is 1. The molecule has 21 heavy (non-hydrogen) atoms. The lowest BCUT2D eigenvalue weighted by molar-refractivity contribution is -0.136. The largest absolute Gasteiger partial charge is 0.481 e. The summed E-state index contributed by atoms with van der Waals surface area (Å²) in [7, 11) is 1.62. The van der Waals surface area contributed by atoms with E-state index < -0.39 is 5.97 Å². The van der Waals surface area contributed by atoms with E-state index in [-0.39, 0.29) is 18.2 Å². The molecule has 1 rings (SSSR count). The zero-order valence-electron chi connectivity index (χ0n) is 13.2. The summed E-state index contributed by atoms with van der Waals surface area (Å²) in [6.07, 6.45) is 1.74. The second kappa shape index (κ2) is 7.93. The van der Waals surface area contributed by atoms with Crippen LogP contribution < -0.4 is 5.69 Å². The maximum absolute atomic E-state index is 12.3. The molecule has 1 N–H and O–H groups in total. The second-order valence-corrected chi connectivity index (χ2v) is 5.04. The number of aryl methyl sites for hydroxylation is 1. The van der Waals surface area contributed by atoms with Crippen LogP contribution in [0.2, 0.25) is 0 Å². The summed E-state index contributed by atoms with van der Waals surface area (Å²) in [5.41, 5.74) is 1.74. The molecule has 6 nitrogen and oxygen atoms in total. The first-order valence-corrected chi connectivity index (χ1v) is 7.30. The predicted octanol–water partition coefficient (Wildman–Crippen LogP) is 1.59. The standard InChI is InChI=1S/C15H24N2O4/c1-5-12-11(9-14(18)19)13(6-2)17(15(20)16-12)10(3)7-8-21-4/h10H,5-9H2,1-4H3,(H,18,19). The molecule has 118 valence electrons. The van der Waals surface area contributed by atoms with Gasteiger partial charge in [-0.1, -0.05) is 13.8 Å². The van der Waals surface area contributed by atoms with Crippen LogP contribution in [0.5, 0.6) is 0 Å². The van der Waals surface area contributed by atoms with Crippen LogP contribution in [0.1, 0.15) is 50.2 Å². The summed E-state index contributed by atoms with van der Waals surface area (Å²) in [4.78, 5) is 27.5. The highest BCUT2D eigenvalue weighted by molar-refractivity contribution is 5.71. The topological polar surface area (TPSA) is 81.4 Å². The van der Waals surface area contributed by atoms with E-state index in [1.165, 1.54) is 0 Å². The molecule has 0 fully saturated rings. The van der Waals surface area contributed by atoms with Crippen LogP contribution >= 0.6 is 0 Å². The normalized spacial score (nSPS) is 12.4. The van der Waals surface area contributed by atoms with E-state index in [9.17, 15) is 9.59 Å². The molecule has 0 saturated carbocycles. The third kappa shape index (κ3) is 4.14. The monoisotopic (exact) mass is 296 g/mol. The van der Waals surface area contributed by atoms with Crippen molar-refractivity contribution in [1.82, 2.24) is 9.55 Å². The molecule has 1 atom stereocenters. The Morgan fingerprint density at radius 2 is 2.05 bits per heavy atom. The molecule has 0 radical (unpaired) electrons. The van der Waals surface area contributed by atoms with Crippen molar-refractivity contribution in [3.05, 3.63) is 27.4 Å². The minimum Gasteiger partial charge on any atom is -0.481 e. The van der Waals surface area contributed by atoms with Crippen molar-refractivity contribution >= 4 is 5.97 Å². The number of hydrogen-bond donors (Lipinski definition) is 1. The molecule has 0 aromatic carbocycles. The predicted molar refractivity (Wildman–Crippen MR) is 79.8 cm³/mol. The molecule has 1 heterocycles. The van der Waals surface area contributed by atoms with Gasteiger partial charge in [-0.25, -0.2) is 4.79 Å². The molecule has 1 aromatic heterocycles. The molecule has 0 saturated heterocycles. The van der Waals surface area contributed by atoms with Gasteiger partial charge in [-0.05, 0) is 26.2 Å². The number of methoxy groups -OCH3 is 1. The van der Waals surface area contributed by atoms with Gasteiger partial charge in [0.1, 0.15) is 0 Å². The summed E-state index contributed by atoms with van der Waals surface area (Å²) < 4.78 is 6.68. The maximum Gasteiger partial charge on any atom is 0.348 e. The molecular formula is C15H24N2O4. The SMILES string of the molecule is CCc1nc(=O)n(C(C)CCOC)c(CC)c1CC(=O)O. The second-order valence-electron chi connectivity index (χ2n) is 5.04. The van der Waals surface area contributed by atoms with Crippen molar-refractivity contribution in [2.24, 2.45) is 0 Å². The fourth-order valence-corrected chi connectivity index (χ4v) is 2.57. The highest BCUT2D eigenvalue weighted by Gasteiger charge is 2.20. The smallest absolute Gasteiger partial charge is 0.348 e. The molecule has 0 bridgehead atoms. The molecule has 0 aliphatic carbocycles. The zero-order chi connectivity index (χ0) is 16.0. The lowest BCUT2D eigenvalue weighted by atomic mass is 10.0. The minimum absolute atomic E-state index is 0.0710. The maximum atomic E-state index is 12.3. The highest BCUT2D eigenvalue weighted by atomic mass is 16.5. The van der Waals surface area contributed by atoms with Crippen LogP contribution in [0.15, 0.2) is 4.79 Å². The summed E-state index contributed by atoms with van der Waals surface area (Å²) >= 11 is 0. The zero-order valence-corrected chi connectivity index (χ0v) is 13.2. The Morgan fingerprint density at radius 1 is 1.38 bits per heavy atom. The van der Waals surface area contributed by atoms with Gasteiger partial charge in [0, 0.05) is 31.0 Å². The lowest BCUT2D eigenvalue weighted by Gasteiger charge is -2.22. The molecular weight excluding hydrogens is 272 g/mol. The van der Waals surface area contributed by atoms with E-state index in [1.54, 1.807) is 11.7 Å². The van der Waals surface area contributed by atoms with Crippen LogP contribution in [0.4, 0.5) is 0 Å². The Bertz CT molecular complexity index is 551. The fraction of sp³-hybridized carbons (Fsp3) is 0.667. The van der Waals surface area contributed by atoms with Crippen molar-refractivity contribution in [1.29, 1.82) is 0 Å². The molecule has 0 aliphatic heterocycles. The van der Waals surface area contributed by atoms with Gasteiger partial charge >= 0.3 is 11.7 Å². The molecule has 0 spiro atoms. The fourth-order valence-electron chi connectivity index (χ4n) is 2.57. The van der Waals surface area contributed by atoms with E-state index in [0.717, 1.165) is 5.69 Å². The number of hydrogen-bond acceptors (Lipinski definition) is 4. The summed E-state index contributed by atoms with van der Waals surface area (Å²) in [6, 6.07) is -0.0710. The summed E-state index contributed by atoms with van der Waals surface area (Å²) in [6.45, 7) is 6.28. The highest BCUT2D eigenvalue weighted by Crippen LogP contribution is 2.19. The number of rotatable bonds is 8. The van der Waals surface area contributed by atoms with Crippen LogP contribution in [0, 0.1) is 0 Å². The van der Waals surface area contributed by atoms with E-state index >= 15 is 0 Å². The number of ether oxygens (including phenoxy) is 1. The number of carbonyl (C=O) groups is 1. The van der Waals surface area contributed by atoms with Gasteiger partial charge in [0.25, 0.3) is 0 Å². The van der Waals surface area contributed by atoms with E-state index in [2.05, 4.69) is 4.98 Å². The van der Waals surface area contributed by atoms with Crippen LogP contribution in [0.3, 0.4) is 0 Å². The van der Waals surface area contributed by atoms with E-state index in [0.29, 0.717) is 37.1 Å². The third-order valence-corrected chi connectivity index (χ3v) is 3.60. The quantitative estimate of drug-likeness (QED) is 0.788. The van der Waals surface area contributed by atoms with Crippen LogP contribution in [-0.4, -0.2) is 34.3 Å². The number of nitrogens with zero attached hydrogens (tertiary/aromatic N) is 2. The molecule has 1 aromatic rings. The first kappa shape index (κ1) is 17.4. The van der Waals surface area contributed by atoms with Crippen molar-refractivity contribution < 1.29 is 14.6 Å². The summed E-state index contributed by atoms with van der Waals surface area (Å²) in [5, 5.41) is 9.11. The van der Waals surface area contributed by atoms with Gasteiger partial charge in [0.2, 0.25) is 0 Å². The Morgan fingerprint density at radius 3 is 2.52 bits per heavy atom. The summed E-state index contributed by atoms with van der Waals surface area (Å²) in [5.74, 6) is -0.907. The van der Waals surface area contributed by atoms with E-state index in [1.807, 2.05) is 20.8 Å². The molecule has 0 amide bonds. The van der Waals surface area contributed by atoms with Gasteiger partial charge in [-0.15, -0.1) is 0 Å². The number of carboxylic acids is 1. The van der Waals surface area contributed by atoms with E-state index in [4.69, 9.17) is 9.84 Å². The Kier molecular flexibility index (Phi) is 6.55. The minimum atomic E-state index is -0.907. The Labute approximate surface area is 124 Å². The first-order valence-electron chi connectivity index (χ1n) is 7.30. The average Bonchev–Trinajstić information content (AvgIpc) is 2.44. The average molecular weight is 296 g/mol. The Hall–Kier alpha value is -1.69. The molecule has 0 aliphatic rings.